The first-order chi connectivity index (χ1) is 15.6. The van der Waals surface area contributed by atoms with Crippen LogP contribution in [0.5, 0.6) is 17.2 Å². The summed E-state index contributed by atoms with van der Waals surface area (Å²) in [6, 6.07) is 14.0. The number of hydrogen-bond donors (Lipinski definition) is 1. The van der Waals surface area contributed by atoms with E-state index in [1.807, 2.05) is 36.4 Å². The Balaban J connectivity index is 1.33. The molecule has 0 saturated carbocycles. The largest absolute Gasteiger partial charge is 0.493 e. The molecule has 0 saturated heterocycles. The number of hydrogen-bond acceptors (Lipinski definition) is 5. The van der Waals surface area contributed by atoms with Crippen LogP contribution in [0.2, 0.25) is 0 Å². The van der Waals surface area contributed by atoms with E-state index in [4.69, 9.17) is 14.2 Å². The monoisotopic (exact) mass is 436 g/mol. The SMILES string of the molecule is COc1ccc(CCC(=O)NCC2Cc3cc(F)cc(-c4ccccn4)c3O2)cc1OC. The molecule has 166 valence electrons. The summed E-state index contributed by atoms with van der Waals surface area (Å²) in [6.07, 6.45) is 2.86. The highest BCUT2D eigenvalue weighted by Gasteiger charge is 2.27. The summed E-state index contributed by atoms with van der Waals surface area (Å²) >= 11 is 0. The topological polar surface area (TPSA) is 69.7 Å². The third kappa shape index (κ3) is 4.82. The van der Waals surface area contributed by atoms with Crippen LogP contribution in [0.1, 0.15) is 17.5 Å². The van der Waals surface area contributed by atoms with Gasteiger partial charge in [0.2, 0.25) is 5.91 Å². The molecule has 4 rings (SSSR count). The van der Waals surface area contributed by atoms with Gasteiger partial charge in [-0.1, -0.05) is 12.1 Å². The van der Waals surface area contributed by atoms with Gasteiger partial charge in [-0.2, -0.15) is 0 Å². The van der Waals surface area contributed by atoms with E-state index in [1.165, 1.54) is 12.1 Å². The standard InChI is InChI=1S/C25H25FN2O4/c1-30-22-8-6-16(11-23(22)31-2)7-9-24(29)28-15-19-13-17-12-18(26)14-20(25(17)32-19)21-5-3-4-10-27-21/h3-6,8,10-12,14,19H,7,9,13,15H2,1-2H3,(H,28,29). The van der Waals surface area contributed by atoms with Crippen molar-refractivity contribution in [3.05, 3.63) is 71.7 Å². The number of pyridine rings is 1. The Morgan fingerprint density at radius 2 is 2.00 bits per heavy atom. The van der Waals surface area contributed by atoms with Gasteiger partial charge in [0.25, 0.3) is 0 Å². The van der Waals surface area contributed by atoms with Gasteiger partial charge in [0.15, 0.2) is 11.5 Å². The van der Waals surface area contributed by atoms with E-state index in [0.29, 0.717) is 54.3 Å². The molecule has 1 aromatic heterocycles. The number of fused-ring (bicyclic) bond motifs is 1. The molecule has 0 fully saturated rings. The molecule has 1 N–H and O–H groups in total. The molecule has 0 bridgehead atoms. The molecule has 2 heterocycles. The third-order valence-electron chi connectivity index (χ3n) is 5.42. The number of ether oxygens (including phenoxy) is 3. The molecule has 1 unspecified atom stereocenters. The van der Waals surface area contributed by atoms with Crippen molar-refractivity contribution in [2.45, 2.75) is 25.4 Å². The molecular formula is C25H25FN2O4. The predicted molar refractivity (Wildman–Crippen MR) is 119 cm³/mol. The van der Waals surface area contributed by atoms with Crippen LogP contribution in [-0.4, -0.2) is 37.8 Å². The maximum atomic E-state index is 14.1. The number of carbonyl (C=O) groups is 1. The van der Waals surface area contributed by atoms with Crippen molar-refractivity contribution in [1.82, 2.24) is 10.3 Å². The number of nitrogens with one attached hydrogen (secondary N) is 1. The first kappa shape index (κ1) is 21.6. The number of rotatable bonds is 8. The highest BCUT2D eigenvalue weighted by atomic mass is 19.1. The number of nitrogens with zero attached hydrogens (tertiary/aromatic N) is 1. The summed E-state index contributed by atoms with van der Waals surface area (Å²) < 4.78 is 30.8. The highest BCUT2D eigenvalue weighted by molar-refractivity contribution is 5.76. The smallest absolute Gasteiger partial charge is 0.220 e. The quantitative estimate of drug-likeness (QED) is 0.579. The van der Waals surface area contributed by atoms with Gasteiger partial charge in [-0.3, -0.25) is 9.78 Å². The summed E-state index contributed by atoms with van der Waals surface area (Å²) in [4.78, 5) is 16.7. The molecule has 0 radical (unpaired) electrons. The zero-order valence-electron chi connectivity index (χ0n) is 18.1. The Morgan fingerprint density at radius 1 is 1.16 bits per heavy atom. The molecule has 1 aliphatic heterocycles. The van der Waals surface area contributed by atoms with Gasteiger partial charge in [-0.15, -0.1) is 0 Å². The van der Waals surface area contributed by atoms with Crippen molar-refractivity contribution < 1.29 is 23.4 Å². The normalized spacial score (nSPS) is 14.4. The van der Waals surface area contributed by atoms with E-state index >= 15 is 0 Å². The van der Waals surface area contributed by atoms with E-state index in [9.17, 15) is 9.18 Å². The van der Waals surface area contributed by atoms with Crippen LogP contribution in [0.15, 0.2) is 54.7 Å². The van der Waals surface area contributed by atoms with Crippen molar-refractivity contribution in [2.75, 3.05) is 20.8 Å². The highest BCUT2D eigenvalue weighted by Crippen LogP contribution is 2.38. The van der Waals surface area contributed by atoms with Gasteiger partial charge >= 0.3 is 0 Å². The summed E-state index contributed by atoms with van der Waals surface area (Å²) in [5, 5.41) is 2.93. The predicted octanol–water partition coefficient (Wildman–Crippen LogP) is 3.96. The van der Waals surface area contributed by atoms with E-state index < -0.39 is 0 Å². The van der Waals surface area contributed by atoms with Crippen LogP contribution in [-0.2, 0) is 17.6 Å². The molecule has 0 aliphatic carbocycles. The van der Waals surface area contributed by atoms with Gasteiger partial charge in [-0.25, -0.2) is 4.39 Å². The number of aromatic nitrogens is 1. The first-order valence-corrected chi connectivity index (χ1v) is 10.5. The van der Waals surface area contributed by atoms with Crippen LogP contribution in [0.4, 0.5) is 4.39 Å². The van der Waals surface area contributed by atoms with E-state index in [1.54, 1.807) is 20.4 Å². The number of benzene rings is 2. The fourth-order valence-corrected chi connectivity index (χ4v) is 3.83. The zero-order valence-corrected chi connectivity index (χ0v) is 18.1. The van der Waals surface area contributed by atoms with Crippen molar-refractivity contribution >= 4 is 5.91 Å². The van der Waals surface area contributed by atoms with E-state index in [0.717, 1.165) is 11.1 Å². The van der Waals surface area contributed by atoms with E-state index in [2.05, 4.69) is 10.3 Å². The maximum absolute atomic E-state index is 14.1. The molecular weight excluding hydrogens is 411 g/mol. The Bertz CT molecular complexity index is 1100. The summed E-state index contributed by atoms with van der Waals surface area (Å²) in [5.74, 6) is 1.52. The number of amides is 1. The van der Waals surface area contributed by atoms with Crippen LogP contribution < -0.4 is 19.5 Å². The number of halogens is 1. The lowest BCUT2D eigenvalue weighted by Gasteiger charge is -2.14. The first-order valence-electron chi connectivity index (χ1n) is 10.5. The number of aryl methyl sites for hydroxylation is 1. The molecule has 3 aromatic rings. The lowest BCUT2D eigenvalue weighted by molar-refractivity contribution is -0.121. The molecule has 1 aliphatic rings. The summed E-state index contributed by atoms with van der Waals surface area (Å²) in [6.45, 7) is 0.350. The van der Waals surface area contributed by atoms with Crippen molar-refractivity contribution in [3.63, 3.8) is 0 Å². The second-order valence-corrected chi connectivity index (χ2v) is 7.59. The fourth-order valence-electron chi connectivity index (χ4n) is 3.83. The van der Waals surface area contributed by atoms with Crippen molar-refractivity contribution in [2.24, 2.45) is 0 Å². The minimum absolute atomic E-state index is 0.0736. The molecule has 0 spiro atoms. The van der Waals surface area contributed by atoms with Gasteiger partial charge in [0.05, 0.1) is 26.5 Å². The third-order valence-corrected chi connectivity index (χ3v) is 5.42. The van der Waals surface area contributed by atoms with Crippen LogP contribution in [0, 0.1) is 5.82 Å². The molecule has 32 heavy (non-hydrogen) atoms. The van der Waals surface area contributed by atoms with E-state index in [-0.39, 0.29) is 17.8 Å². The molecule has 6 nitrogen and oxygen atoms in total. The molecule has 1 amide bonds. The Labute approximate surface area is 186 Å². The summed E-state index contributed by atoms with van der Waals surface area (Å²) in [7, 11) is 3.17. The number of carbonyl (C=O) groups excluding carboxylic acids is 1. The van der Waals surface area contributed by atoms with Crippen LogP contribution >= 0.6 is 0 Å². The molecule has 2 aromatic carbocycles. The van der Waals surface area contributed by atoms with Crippen molar-refractivity contribution in [1.29, 1.82) is 0 Å². The van der Waals surface area contributed by atoms with Gasteiger partial charge in [0.1, 0.15) is 17.7 Å². The van der Waals surface area contributed by atoms with Gasteiger partial charge in [0, 0.05) is 30.2 Å². The summed E-state index contributed by atoms with van der Waals surface area (Å²) in [5.41, 5.74) is 3.05. The average Bonchev–Trinajstić information content (AvgIpc) is 3.23. The maximum Gasteiger partial charge on any atom is 0.220 e. The zero-order chi connectivity index (χ0) is 22.5. The minimum Gasteiger partial charge on any atom is -0.493 e. The second-order valence-electron chi connectivity index (χ2n) is 7.59. The van der Waals surface area contributed by atoms with Crippen LogP contribution in [0.25, 0.3) is 11.3 Å². The van der Waals surface area contributed by atoms with Gasteiger partial charge in [-0.05, 0) is 48.4 Å². The van der Waals surface area contributed by atoms with Gasteiger partial charge < -0.3 is 19.5 Å². The minimum atomic E-state index is -0.326. The second kappa shape index (κ2) is 9.68. The van der Waals surface area contributed by atoms with Crippen LogP contribution in [0.3, 0.4) is 0 Å². The Kier molecular flexibility index (Phi) is 6.54. The average molecular weight is 436 g/mol. The molecule has 1 atom stereocenters. The Hall–Kier alpha value is -3.61. The lowest BCUT2D eigenvalue weighted by atomic mass is 10.0. The fraction of sp³-hybridized carbons (Fsp3) is 0.280. The Morgan fingerprint density at radius 3 is 2.75 bits per heavy atom. The molecule has 7 heteroatoms. The van der Waals surface area contributed by atoms with Crippen molar-refractivity contribution in [3.8, 4) is 28.5 Å². The lowest BCUT2D eigenvalue weighted by Crippen LogP contribution is -2.34. The number of methoxy groups -OCH3 is 2.